The third-order valence-corrected chi connectivity index (χ3v) is 2.53. The zero-order valence-electron chi connectivity index (χ0n) is 10.8. The monoisotopic (exact) mass is 293 g/mol. The minimum atomic E-state index is -0.551. The summed E-state index contributed by atoms with van der Waals surface area (Å²) in [5.41, 5.74) is 5.57. The summed E-state index contributed by atoms with van der Waals surface area (Å²) in [4.78, 5) is 23.3. The lowest BCUT2D eigenvalue weighted by atomic mass is 10.2. The molecule has 0 saturated heterocycles. The predicted octanol–water partition coefficient (Wildman–Crippen LogP) is -0.0493. The van der Waals surface area contributed by atoms with E-state index in [2.05, 4.69) is 25.6 Å². The van der Waals surface area contributed by atoms with Gasteiger partial charge in [0.2, 0.25) is 11.5 Å². The Balaban J connectivity index is 1.75. The molecular weight excluding hydrogens is 281 g/mol. The second-order valence-corrected chi connectivity index (χ2v) is 4.02. The van der Waals surface area contributed by atoms with Gasteiger partial charge in [-0.3, -0.25) is 9.59 Å². The molecule has 9 heteroatoms. The third kappa shape index (κ3) is 3.75. The van der Waals surface area contributed by atoms with Crippen molar-refractivity contribution < 1.29 is 18.6 Å². The van der Waals surface area contributed by atoms with Crippen LogP contribution in [0.2, 0.25) is 0 Å². The van der Waals surface area contributed by atoms with E-state index in [1.807, 2.05) is 0 Å². The maximum atomic E-state index is 12.7. The zero-order valence-corrected chi connectivity index (χ0v) is 10.8. The third-order valence-electron chi connectivity index (χ3n) is 2.53. The Bertz CT molecular complexity index is 641. The Kier molecular flexibility index (Phi) is 4.44. The summed E-state index contributed by atoms with van der Waals surface area (Å²) in [7, 11) is 0. The molecule has 2 aromatic rings. The summed E-state index contributed by atoms with van der Waals surface area (Å²) in [5.74, 6) is -1.45. The molecule has 0 atom stereocenters. The summed E-state index contributed by atoms with van der Waals surface area (Å²) < 4.78 is 17.0. The van der Waals surface area contributed by atoms with Gasteiger partial charge in [-0.25, -0.2) is 9.02 Å². The van der Waals surface area contributed by atoms with Crippen molar-refractivity contribution in [3.63, 3.8) is 0 Å². The van der Waals surface area contributed by atoms with E-state index in [4.69, 9.17) is 5.73 Å². The van der Waals surface area contributed by atoms with Gasteiger partial charge < -0.3 is 16.4 Å². The number of amides is 2. The number of hydrogen-bond acceptors (Lipinski definition) is 6. The van der Waals surface area contributed by atoms with E-state index in [0.717, 1.165) is 0 Å². The summed E-state index contributed by atoms with van der Waals surface area (Å²) in [6.45, 7) is 0.352. The van der Waals surface area contributed by atoms with Crippen molar-refractivity contribution in [3.05, 3.63) is 41.3 Å². The Labute approximate surface area is 118 Å². The number of nitrogens with two attached hydrogens (primary N) is 1. The molecule has 0 unspecified atom stereocenters. The molecule has 2 amide bonds. The molecule has 2 rings (SSSR count). The van der Waals surface area contributed by atoms with E-state index in [1.54, 1.807) is 0 Å². The van der Waals surface area contributed by atoms with Crippen LogP contribution in [0.15, 0.2) is 28.9 Å². The molecule has 4 N–H and O–H groups in total. The smallest absolute Gasteiger partial charge is 0.277 e. The molecule has 0 aliphatic rings. The summed E-state index contributed by atoms with van der Waals surface area (Å²) in [5, 5.41) is 11.7. The van der Waals surface area contributed by atoms with E-state index in [9.17, 15) is 14.0 Å². The van der Waals surface area contributed by atoms with E-state index >= 15 is 0 Å². The standard InChI is InChI=1S/C12H12FN5O3/c13-8-3-1-7(2-4-8)11(19)15-5-6-16-12(20)9-10(14)18-21-17-9/h1-4H,5-6H2,(H2,14,18)(H,15,19)(H,16,20). The van der Waals surface area contributed by atoms with Crippen LogP contribution in [-0.2, 0) is 0 Å². The molecule has 110 valence electrons. The van der Waals surface area contributed by atoms with Crippen molar-refractivity contribution in [2.75, 3.05) is 18.8 Å². The van der Waals surface area contributed by atoms with Crippen molar-refractivity contribution in [2.45, 2.75) is 0 Å². The topological polar surface area (TPSA) is 123 Å². The molecule has 0 fully saturated rings. The highest BCUT2D eigenvalue weighted by Crippen LogP contribution is 2.03. The lowest BCUT2D eigenvalue weighted by molar-refractivity contribution is 0.0922. The number of carbonyl (C=O) groups is 2. The fourth-order valence-electron chi connectivity index (χ4n) is 1.49. The first-order valence-electron chi connectivity index (χ1n) is 5.98. The molecule has 0 bridgehead atoms. The van der Waals surface area contributed by atoms with Crippen LogP contribution in [0.4, 0.5) is 10.2 Å². The van der Waals surface area contributed by atoms with Crippen molar-refractivity contribution in [1.82, 2.24) is 20.9 Å². The molecule has 0 saturated carbocycles. The fourth-order valence-corrected chi connectivity index (χ4v) is 1.49. The van der Waals surface area contributed by atoms with Gasteiger partial charge in [0, 0.05) is 18.7 Å². The van der Waals surface area contributed by atoms with Gasteiger partial charge in [0.25, 0.3) is 11.8 Å². The number of rotatable bonds is 5. The van der Waals surface area contributed by atoms with Crippen molar-refractivity contribution in [3.8, 4) is 0 Å². The van der Waals surface area contributed by atoms with Crippen LogP contribution in [0.3, 0.4) is 0 Å². The number of nitrogens with zero attached hydrogens (tertiary/aromatic N) is 2. The van der Waals surface area contributed by atoms with E-state index < -0.39 is 11.7 Å². The maximum absolute atomic E-state index is 12.7. The van der Waals surface area contributed by atoms with E-state index in [0.29, 0.717) is 5.56 Å². The van der Waals surface area contributed by atoms with Gasteiger partial charge >= 0.3 is 0 Å². The van der Waals surface area contributed by atoms with Crippen molar-refractivity contribution >= 4 is 17.6 Å². The highest BCUT2D eigenvalue weighted by atomic mass is 19.1. The molecule has 0 aliphatic carbocycles. The van der Waals surface area contributed by atoms with Gasteiger partial charge in [0.1, 0.15) is 5.82 Å². The first-order valence-corrected chi connectivity index (χ1v) is 5.98. The van der Waals surface area contributed by atoms with Gasteiger partial charge in [0.15, 0.2) is 0 Å². The normalized spacial score (nSPS) is 10.1. The van der Waals surface area contributed by atoms with Crippen LogP contribution in [0.25, 0.3) is 0 Å². The highest BCUT2D eigenvalue weighted by molar-refractivity contribution is 5.96. The number of nitrogens with one attached hydrogen (secondary N) is 2. The number of hydrogen-bond donors (Lipinski definition) is 3. The van der Waals surface area contributed by atoms with E-state index in [-0.39, 0.29) is 30.5 Å². The highest BCUT2D eigenvalue weighted by Gasteiger charge is 2.15. The number of benzene rings is 1. The molecule has 1 aromatic heterocycles. The van der Waals surface area contributed by atoms with Gasteiger partial charge in [0.05, 0.1) is 0 Å². The Hall–Kier alpha value is -2.97. The Morgan fingerprint density at radius 2 is 1.71 bits per heavy atom. The summed E-state index contributed by atoms with van der Waals surface area (Å²) in [6, 6.07) is 5.12. The second kappa shape index (κ2) is 6.46. The van der Waals surface area contributed by atoms with Gasteiger partial charge in [-0.2, -0.15) is 0 Å². The predicted molar refractivity (Wildman–Crippen MR) is 69.8 cm³/mol. The summed E-state index contributed by atoms with van der Waals surface area (Å²) in [6.07, 6.45) is 0. The first kappa shape index (κ1) is 14.4. The molecule has 1 aromatic carbocycles. The van der Waals surface area contributed by atoms with Crippen LogP contribution in [0.5, 0.6) is 0 Å². The average Bonchev–Trinajstić information content (AvgIpc) is 2.90. The van der Waals surface area contributed by atoms with E-state index in [1.165, 1.54) is 24.3 Å². The van der Waals surface area contributed by atoms with Gasteiger partial charge in [-0.1, -0.05) is 0 Å². The SMILES string of the molecule is Nc1nonc1C(=O)NCCNC(=O)c1ccc(F)cc1. The molecule has 0 spiro atoms. The average molecular weight is 293 g/mol. The number of aromatic nitrogens is 2. The van der Waals surface area contributed by atoms with Gasteiger partial charge in [-0.05, 0) is 34.6 Å². The Morgan fingerprint density at radius 1 is 1.10 bits per heavy atom. The second-order valence-electron chi connectivity index (χ2n) is 4.02. The molecular formula is C12H12FN5O3. The lowest BCUT2D eigenvalue weighted by Gasteiger charge is -2.06. The largest absolute Gasteiger partial charge is 0.379 e. The molecule has 0 radical (unpaired) electrons. The number of carbonyl (C=O) groups excluding carboxylic acids is 2. The fraction of sp³-hybridized carbons (Fsp3) is 0.167. The molecule has 8 nitrogen and oxygen atoms in total. The maximum Gasteiger partial charge on any atom is 0.277 e. The molecule has 0 aliphatic heterocycles. The Morgan fingerprint density at radius 3 is 2.29 bits per heavy atom. The first-order chi connectivity index (χ1) is 10.1. The molecule has 21 heavy (non-hydrogen) atoms. The van der Waals surface area contributed by atoms with Crippen LogP contribution in [0, 0.1) is 5.82 Å². The van der Waals surface area contributed by atoms with Crippen LogP contribution >= 0.6 is 0 Å². The van der Waals surface area contributed by atoms with Crippen LogP contribution < -0.4 is 16.4 Å². The van der Waals surface area contributed by atoms with Crippen LogP contribution in [-0.4, -0.2) is 35.2 Å². The zero-order chi connectivity index (χ0) is 15.2. The van der Waals surface area contributed by atoms with Crippen molar-refractivity contribution in [1.29, 1.82) is 0 Å². The van der Waals surface area contributed by atoms with Crippen molar-refractivity contribution in [2.24, 2.45) is 0 Å². The lowest BCUT2D eigenvalue weighted by Crippen LogP contribution is -2.35. The van der Waals surface area contributed by atoms with Gasteiger partial charge in [-0.15, -0.1) is 0 Å². The minimum absolute atomic E-state index is 0.108. The van der Waals surface area contributed by atoms with Crippen LogP contribution in [0.1, 0.15) is 20.8 Å². The minimum Gasteiger partial charge on any atom is -0.379 e. The number of nitrogen functional groups attached to an aromatic ring is 1. The number of anilines is 1. The quantitative estimate of drug-likeness (QED) is 0.664. The summed E-state index contributed by atoms with van der Waals surface area (Å²) >= 11 is 0. The molecule has 1 heterocycles. The number of halogens is 1.